The van der Waals surface area contributed by atoms with Gasteiger partial charge in [0.1, 0.15) is 16.9 Å². The predicted octanol–water partition coefficient (Wildman–Crippen LogP) is 4.53. The second-order valence-electron chi connectivity index (χ2n) is 10.5. The van der Waals surface area contributed by atoms with Crippen LogP contribution in [0.2, 0.25) is 0 Å². The number of para-hydroxylation sites is 1. The molecule has 7 heteroatoms. The quantitative estimate of drug-likeness (QED) is 0.498. The third-order valence-electron chi connectivity index (χ3n) is 5.58. The highest BCUT2D eigenvalue weighted by Crippen LogP contribution is 2.29. The number of benzene rings is 1. The first-order chi connectivity index (χ1) is 14.9. The van der Waals surface area contributed by atoms with Crippen LogP contribution in [0.15, 0.2) is 39.5 Å². The lowest BCUT2D eigenvalue weighted by Gasteiger charge is -2.47. The maximum atomic E-state index is 12.8. The van der Waals surface area contributed by atoms with Crippen LogP contribution >= 0.6 is 0 Å². The summed E-state index contributed by atoms with van der Waals surface area (Å²) < 4.78 is 16.8. The summed E-state index contributed by atoms with van der Waals surface area (Å²) in [6.07, 6.45) is 0.577. The van der Waals surface area contributed by atoms with Crippen molar-refractivity contribution < 1.29 is 18.7 Å². The van der Waals surface area contributed by atoms with E-state index in [9.17, 15) is 9.59 Å². The number of nitrogens with zero attached hydrogens (tertiary/aromatic N) is 2. The highest BCUT2D eigenvalue weighted by Gasteiger charge is 2.39. The summed E-state index contributed by atoms with van der Waals surface area (Å²) in [7, 11) is 0. The molecule has 1 amide bonds. The van der Waals surface area contributed by atoms with Crippen LogP contribution in [0, 0.1) is 5.41 Å². The van der Waals surface area contributed by atoms with Gasteiger partial charge in [0.15, 0.2) is 0 Å². The average molecular weight is 445 g/mol. The van der Waals surface area contributed by atoms with E-state index in [0.29, 0.717) is 24.5 Å². The van der Waals surface area contributed by atoms with Crippen molar-refractivity contribution in [2.75, 3.05) is 32.8 Å². The van der Waals surface area contributed by atoms with E-state index in [1.165, 1.54) is 6.07 Å². The van der Waals surface area contributed by atoms with E-state index in [4.69, 9.17) is 13.9 Å². The van der Waals surface area contributed by atoms with Crippen LogP contribution < -0.4 is 10.4 Å². The minimum absolute atomic E-state index is 0.0646. The Morgan fingerprint density at radius 1 is 1.12 bits per heavy atom. The number of fused-ring (bicyclic) bond motifs is 1. The monoisotopic (exact) mass is 444 g/mol. The summed E-state index contributed by atoms with van der Waals surface area (Å²) in [5.41, 5.74) is -0.457. The fourth-order valence-electron chi connectivity index (χ4n) is 3.99. The summed E-state index contributed by atoms with van der Waals surface area (Å²) in [6.45, 7) is 15.8. The molecule has 0 radical (unpaired) electrons. The van der Waals surface area contributed by atoms with E-state index in [-0.39, 0.29) is 17.6 Å². The van der Waals surface area contributed by atoms with Gasteiger partial charge in [-0.1, -0.05) is 32.9 Å². The number of ether oxygens (including phenoxy) is 2. The molecule has 0 aliphatic carbocycles. The maximum Gasteiger partial charge on any atom is 0.410 e. The van der Waals surface area contributed by atoms with Gasteiger partial charge in [-0.25, -0.2) is 9.59 Å². The predicted molar refractivity (Wildman–Crippen MR) is 125 cm³/mol. The van der Waals surface area contributed by atoms with Crippen molar-refractivity contribution in [2.45, 2.75) is 59.6 Å². The second-order valence-corrected chi connectivity index (χ2v) is 10.5. The molecule has 1 aliphatic heterocycles. The van der Waals surface area contributed by atoms with Gasteiger partial charge in [-0.2, -0.15) is 0 Å². The van der Waals surface area contributed by atoms with Crippen LogP contribution in [-0.2, 0) is 4.74 Å². The molecular weight excluding hydrogens is 408 g/mol. The summed E-state index contributed by atoms with van der Waals surface area (Å²) in [5, 5.41) is 0.797. The molecule has 7 nitrogen and oxygen atoms in total. The van der Waals surface area contributed by atoms with Crippen LogP contribution in [0.3, 0.4) is 0 Å². The summed E-state index contributed by atoms with van der Waals surface area (Å²) in [5.74, 6) is 0.555. The Balaban J connectivity index is 1.57. The minimum atomic E-state index is -0.507. The van der Waals surface area contributed by atoms with Gasteiger partial charge >= 0.3 is 11.7 Å². The zero-order valence-corrected chi connectivity index (χ0v) is 20.1. The fraction of sp³-hybridized carbons (Fsp3) is 0.600. The van der Waals surface area contributed by atoms with Crippen LogP contribution in [0.1, 0.15) is 48.0 Å². The molecule has 1 aromatic heterocycles. The highest BCUT2D eigenvalue weighted by atomic mass is 16.6. The van der Waals surface area contributed by atoms with Gasteiger partial charge < -0.3 is 18.8 Å². The molecule has 0 N–H and O–H groups in total. The first kappa shape index (κ1) is 24.1. The number of amides is 1. The third-order valence-corrected chi connectivity index (χ3v) is 5.58. The minimum Gasteiger partial charge on any atom is -0.492 e. The van der Waals surface area contributed by atoms with E-state index < -0.39 is 11.2 Å². The molecule has 2 aromatic rings. The molecule has 2 heterocycles. The lowest BCUT2D eigenvalue weighted by molar-refractivity contribution is -0.0236. The number of hydrogen-bond acceptors (Lipinski definition) is 6. The van der Waals surface area contributed by atoms with Gasteiger partial charge in [0.2, 0.25) is 0 Å². The molecule has 32 heavy (non-hydrogen) atoms. The smallest absolute Gasteiger partial charge is 0.410 e. The van der Waals surface area contributed by atoms with Gasteiger partial charge in [0.25, 0.3) is 0 Å². The van der Waals surface area contributed by atoms with Gasteiger partial charge in [-0.05, 0) is 44.7 Å². The van der Waals surface area contributed by atoms with Gasteiger partial charge in [-0.3, -0.25) is 4.90 Å². The Bertz CT molecular complexity index is 986. The summed E-state index contributed by atoms with van der Waals surface area (Å²) >= 11 is 0. The van der Waals surface area contributed by atoms with E-state index >= 15 is 0 Å². The molecule has 3 rings (SSSR count). The van der Waals surface area contributed by atoms with Crippen molar-refractivity contribution in [2.24, 2.45) is 5.41 Å². The van der Waals surface area contributed by atoms with E-state index in [1.807, 2.05) is 43.9 Å². The molecule has 1 atom stereocenters. The number of carbonyl (C=O) groups is 1. The SMILES string of the molecule is CC(C)(C)OC(=O)N1CCN(CCCOc2cc(=O)oc3ccccc23)CC1C(C)(C)C. The second kappa shape index (κ2) is 9.53. The number of carbonyl (C=O) groups excluding carboxylic acids is 1. The Morgan fingerprint density at radius 2 is 1.84 bits per heavy atom. The number of piperazine rings is 1. The van der Waals surface area contributed by atoms with Crippen molar-refractivity contribution in [3.8, 4) is 5.75 Å². The standard InChI is InChI=1S/C25H36N2O5/c1-24(2,3)21-17-26(13-14-27(21)23(29)32-25(4,5)6)12-9-15-30-20-16-22(28)31-19-11-8-7-10-18(19)20/h7-8,10-11,16,21H,9,12-15,17H2,1-6H3. The molecule has 1 saturated heterocycles. The molecule has 176 valence electrons. The van der Waals surface area contributed by atoms with Crippen LogP contribution in [-0.4, -0.2) is 60.3 Å². The summed E-state index contributed by atoms with van der Waals surface area (Å²) in [4.78, 5) is 28.8. The van der Waals surface area contributed by atoms with Crippen molar-refractivity contribution >= 4 is 17.1 Å². The highest BCUT2D eigenvalue weighted by molar-refractivity contribution is 5.82. The van der Waals surface area contributed by atoms with Crippen LogP contribution in [0.4, 0.5) is 4.79 Å². The number of rotatable bonds is 5. The van der Waals surface area contributed by atoms with Crippen molar-refractivity contribution in [3.63, 3.8) is 0 Å². The number of hydrogen-bond donors (Lipinski definition) is 0. The zero-order valence-electron chi connectivity index (χ0n) is 20.1. The van der Waals surface area contributed by atoms with Gasteiger partial charge in [0.05, 0.1) is 24.1 Å². The van der Waals surface area contributed by atoms with E-state index in [1.54, 1.807) is 6.07 Å². The van der Waals surface area contributed by atoms with Crippen molar-refractivity contribution in [1.29, 1.82) is 0 Å². The molecule has 0 bridgehead atoms. The Labute approximate surface area is 190 Å². The van der Waals surface area contributed by atoms with Gasteiger partial charge in [-0.15, -0.1) is 0 Å². The topological polar surface area (TPSA) is 72.2 Å². The average Bonchev–Trinajstić information content (AvgIpc) is 2.69. The summed E-state index contributed by atoms with van der Waals surface area (Å²) in [6, 6.07) is 8.84. The largest absolute Gasteiger partial charge is 0.492 e. The van der Waals surface area contributed by atoms with Crippen molar-refractivity contribution in [1.82, 2.24) is 9.80 Å². The lowest BCUT2D eigenvalue weighted by Crippen LogP contribution is -2.60. The lowest BCUT2D eigenvalue weighted by atomic mass is 9.84. The maximum absolute atomic E-state index is 12.8. The molecule has 0 saturated carbocycles. The Kier molecular flexibility index (Phi) is 7.18. The van der Waals surface area contributed by atoms with E-state index in [0.717, 1.165) is 31.4 Å². The molecule has 1 aliphatic rings. The van der Waals surface area contributed by atoms with Gasteiger partial charge in [0, 0.05) is 26.2 Å². The molecule has 1 aromatic carbocycles. The third kappa shape index (κ3) is 6.25. The first-order valence-electron chi connectivity index (χ1n) is 11.3. The van der Waals surface area contributed by atoms with E-state index in [2.05, 4.69) is 25.7 Å². The Hall–Kier alpha value is -2.54. The zero-order chi connectivity index (χ0) is 23.5. The normalized spacial score (nSPS) is 18.1. The van der Waals surface area contributed by atoms with Crippen molar-refractivity contribution in [3.05, 3.63) is 40.8 Å². The fourth-order valence-corrected chi connectivity index (χ4v) is 3.99. The molecule has 1 unspecified atom stereocenters. The molecule has 0 spiro atoms. The van der Waals surface area contributed by atoms with Crippen LogP contribution in [0.5, 0.6) is 5.75 Å². The molecular formula is C25H36N2O5. The molecule has 1 fully saturated rings. The first-order valence-corrected chi connectivity index (χ1v) is 11.3. The van der Waals surface area contributed by atoms with Crippen LogP contribution in [0.25, 0.3) is 11.0 Å². The Morgan fingerprint density at radius 3 is 2.53 bits per heavy atom.